The second-order valence-corrected chi connectivity index (χ2v) is 5.00. The van der Waals surface area contributed by atoms with Crippen molar-refractivity contribution in [2.75, 3.05) is 13.1 Å². The summed E-state index contributed by atoms with van der Waals surface area (Å²) < 4.78 is 0.809. The Morgan fingerprint density at radius 2 is 2.06 bits per heavy atom. The summed E-state index contributed by atoms with van der Waals surface area (Å²) in [7, 11) is 0. The molecular formula is C13H16BrNO3. The molecule has 4 nitrogen and oxygen atoms in total. The molecule has 1 N–H and O–H groups in total. The number of carbonyl (C=O) groups excluding carboxylic acids is 1. The van der Waals surface area contributed by atoms with E-state index in [1.54, 1.807) is 6.07 Å². The summed E-state index contributed by atoms with van der Waals surface area (Å²) in [5.41, 5.74) is 1.38. The normalized spacial score (nSPS) is 10.2. The topological polar surface area (TPSA) is 57.6 Å². The summed E-state index contributed by atoms with van der Waals surface area (Å²) in [6.07, 6.45) is 0.728. The van der Waals surface area contributed by atoms with Gasteiger partial charge in [0.15, 0.2) is 0 Å². The zero-order chi connectivity index (χ0) is 13.7. The fourth-order valence-electron chi connectivity index (χ4n) is 1.68. The lowest BCUT2D eigenvalue weighted by molar-refractivity contribution is -0.137. The van der Waals surface area contributed by atoms with Gasteiger partial charge in [0.05, 0.1) is 0 Å². The first-order chi connectivity index (χ1) is 8.45. The van der Waals surface area contributed by atoms with Crippen molar-refractivity contribution in [3.05, 3.63) is 33.8 Å². The maximum atomic E-state index is 12.3. The highest BCUT2D eigenvalue weighted by Crippen LogP contribution is 2.18. The van der Waals surface area contributed by atoms with Gasteiger partial charge in [-0.15, -0.1) is 0 Å². The fraction of sp³-hybridized carbons (Fsp3) is 0.385. The number of hydrogen-bond acceptors (Lipinski definition) is 2. The summed E-state index contributed by atoms with van der Waals surface area (Å²) >= 11 is 3.32. The van der Waals surface area contributed by atoms with Gasteiger partial charge in [0, 0.05) is 16.6 Å². The number of rotatable bonds is 5. The van der Waals surface area contributed by atoms with Gasteiger partial charge in [-0.2, -0.15) is 0 Å². The van der Waals surface area contributed by atoms with Crippen LogP contribution in [0.25, 0.3) is 0 Å². The number of aryl methyl sites for hydroxylation is 1. The molecule has 1 aromatic rings. The Bertz CT molecular complexity index is 460. The van der Waals surface area contributed by atoms with Gasteiger partial charge >= 0.3 is 5.97 Å². The molecule has 0 radical (unpaired) electrons. The number of halogens is 1. The van der Waals surface area contributed by atoms with Crippen molar-refractivity contribution in [3.63, 3.8) is 0 Å². The van der Waals surface area contributed by atoms with Crippen LogP contribution in [-0.4, -0.2) is 35.0 Å². The molecule has 0 aliphatic carbocycles. The van der Waals surface area contributed by atoms with Gasteiger partial charge in [-0.05, 0) is 31.0 Å². The number of carbonyl (C=O) groups is 2. The Labute approximate surface area is 115 Å². The molecule has 0 aromatic heterocycles. The third-order valence-corrected chi connectivity index (χ3v) is 3.03. The van der Waals surface area contributed by atoms with Gasteiger partial charge < -0.3 is 10.0 Å². The first-order valence-electron chi connectivity index (χ1n) is 5.73. The average molecular weight is 314 g/mol. The van der Waals surface area contributed by atoms with Gasteiger partial charge in [-0.3, -0.25) is 9.59 Å². The maximum absolute atomic E-state index is 12.3. The van der Waals surface area contributed by atoms with E-state index in [4.69, 9.17) is 5.11 Å². The minimum absolute atomic E-state index is 0.238. The molecule has 0 saturated heterocycles. The van der Waals surface area contributed by atoms with E-state index >= 15 is 0 Å². The molecule has 1 rings (SSSR count). The van der Waals surface area contributed by atoms with E-state index in [1.807, 2.05) is 26.0 Å². The minimum Gasteiger partial charge on any atom is -0.480 e. The van der Waals surface area contributed by atoms with Crippen molar-refractivity contribution in [1.29, 1.82) is 0 Å². The fourth-order valence-corrected chi connectivity index (χ4v) is 2.04. The molecule has 0 fully saturated rings. The Balaban J connectivity index is 3.01. The second kappa shape index (κ2) is 6.54. The van der Waals surface area contributed by atoms with Crippen molar-refractivity contribution in [1.82, 2.24) is 4.90 Å². The lowest BCUT2D eigenvalue weighted by Crippen LogP contribution is -2.36. The van der Waals surface area contributed by atoms with Gasteiger partial charge in [-0.25, -0.2) is 0 Å². The lowest BCUT2D eigenvalue weighted by Gasteiger charge is -2.21. The number of nitrogens with zero attached hydrogens (tertiary/aromatic N) is 1. The van der Waals surface area contributed by atoms with Crippen molar-refractivity contribution >= 4 is 27.8 Å². The molecule has 5 heteroatoms. The van der Waals surface area contributed by atoms with Gasteiger partial charge in [0.1, 0.15) is 6.54 Å². The zero-order valence-corrected chi connectivity index (χ0v) is 12.0. The van der Waals surface area contributed by atoms with Crippen LogP contribution in [0.1, 0.15) is 29.3 Å². The van der Waals surface area contributed by atoms with E-state index in [0.29, 0.717) is 12.1 Å². The van der Waals surface area contributed by atoms with E-state index in [0.717, 1.165) is 16.5 Å². The monoisotopic (exact) mass is 313 g/mol. The largest absolute Gasteiger partial charge is 0.480 e. The van der Waals surface area contributed by atoms with Crippen LogP contribution in [-0.2, 0) is 4.79 Å². The van der Waals surface area contributed by atoms with Gasteiger partial charge in [0.25, 0.3) is 5.91 Å². The Hall–Kier alpha value is -1.36. The summed E-state index contributed by atoms with van der Waals surface area (Å²) in [6, 6.07) is 5.41. The zero-order valence-electron chi connectivity index (χ0n) is 10.4. The van der Waals surface area contributed by atoms with Crippen LogP contribution < -0.4 is 0 Å². The molecule has 0 heterocycles. The first kappa shape index (κ1) is 14.7. The summed E-state index contributed by atoms with van der Waals surface area (Å²) in [4.78, 5) is 24.4. The molecule has 18 heavy (non-hydrogen) atoms. The van der Waals surface area contributed by atoms with E-state index in [2.05, 4.69) is 15.9 Å². The maximum Gasteiger partial charge on any atom is 0.323 e. The van der Waals surface area contributed by atoms with Crippen LogP contribution in [0.3, 0.4) is 0 Å². The summed E-state index contributed by atoms with van der Waals surface area (Å²) in [5, 5.41) is 8.83. The molecule has 98 valence electrons. The smallest absolute Gasteiger partial charge is 0.323 e. The Kier molecular flexibility index (Phi) is 5.34. The Morgan fingerprint density at radius 1 is 1.39 bits per heavy atom. The third kappa shape index (κ3) is 3.84. The highest BCUT2D eigenvalue weighted by atomic mass is 79.9. The predicted octanol–water partition coefficient (Wildman–Crippen LogP) is 2.69. The van der Waals surface area contributed by atoms with Crippen molar-refractivity contribution in [3.8, 4) is 0 Å². The van der Waals surface area contributed by atoms with E-state index in [9.17, 15) is 9.59 Å². The molecular weight excluding hydrogens is 298 g/mol. The standard InChI is InChI=1S/C13H16BrNO3/c1-3-6-15(8-12(16)17)13(18)11-7-10(14)5-4-9(11)2/h4-5,7H,3,6,8H2,1-2H3,(H,16,17). The molecule has 0 unspecified atom stereocenters. The third-order valence-electron chi connectivity index (χ3n) is 2.54. The highest BCUT2D eigenvalue weighted by molar-refractivity contribution is 9.10. The number of amides is 1. The molecule has 0 saturated carbocycles. The van der Waals surface area contributed by atoms with Crippen LogP contribution in [0.4, 0.5) is 0 Å². The van der Waals surface area contributed by atoms with Crippen LogP contribution in [0, 0.1) is 6.92 Å². The van der Waals surface area contributed by atoms with Crippen molar-refractivity contribution < 1.29 is 14.7 Å². The highest BCUT2D eigenvalue weighted by Gasteiger charge is 2.19. The second-order valence-electron chi connectivity index (χ2n) is 4.08. The van der Waals surface area contributed by atoms with Crippen LogP contribution in [0.15, 0.2) is 22.7 Å². The quantitative estimate of drug-likeness (QED) is 0.909. The number of hydrogen-bond donors (Lipinski definition) is 1. The molecule has 0 aliphatic heterocycles. The van der Waals surface area contributed by atoms with Crippen molar-refractivity contribution in [2.24, 2.45) is 0 Å². The summed E-state index contributed by atoms with van der Waals surface area (Å²) in [6.45, 7) is 3.93. The minimum atomic E-state index is -0.996. The molecule has 0 aliphatic rings. The van der Waals surface area contributed by atoms with Crippen molar-refractivity contribution in [2.45, 2.75) is 20.3 Å². The predicted molar refractivity (Wildman–Crippen MR) is 72.7 cm³/mol. The first-order valence-corrected chi connectivity index (χ1v) is 6.52. The van der Waals surface area contributed by atoms with Crippen LogP contribution >= 0.6 is 15.9 Å². The van der Waals surface area contributed by atoms with Crippen LogP contribution in [0.2, 0.25) is 0 Å². The molecule has 0 bridgehead atoms. The van der Waals surface area contributed by atoms with Crippen LogP contribution in [0.5, 0.6) is 0 Å². The van der Waals surface area contributed by atoms with E-state index in [1.165, 1.54) is 4.90 Å². The summed E-state index contributed by atoms with van der Waals surface area (Å²) in [5.74, 6) is -1.23. The number of benzene rings is 1. The average Bonchev–Trinajstić information content (AvgIpc) is 2.30. The SMILES string of the molecule is CCCN(CC(=O)O)C(=O)c1cc(Br)ccc1C. The lowest BCUT2D eigenvalue weighted by atomic mass is 10.1. The van der Waals surface area contributed by atoms with E-state index < -0.39 is 5.97 Å². The molecule has 0 spiro atoms. The molecule has 1 aromatic carbocycles. The number of carboxylic acids is 1. The van der Waals surface area contributed by atoms with Gasteiger partial charge in [0.2, 0.25) is 0 Å². The Morgan fingerprint density at radius 3 is 2.61 bits per heavy atom. The number of aliphatic carboxylic acids is 1. The van der Waals surface area contributed by atoms with E-state index in [-0.39, 0.29) is 12.5 Å². The molecule has 0 atom stereocenters. The van der Waals surface area contributed by atoms with Gasteiger partial charge in [-0.1, -0.05) is 28.9 Å². The number of carboxylic acid groups (broad SMARTS) is 1. The molecule has 1 amide bonds.